The zero-order valence-corrected chi connectivity index (χ0v) is 11.6. The second kappa shape index (κ2) is 5.80. The van der Waals surface area contributed by atoms with Crippen LogP contribution in [-0.2, 0) is 20.2 Å². The molecule has 0 spiro atoms. The molecule has 18 heavy (non-hydrogen) atoms. The van der Waals surface area contributed by atoms with Crippen molar-refractivity contribution in [2.24, 2.45) is 0 Å². The quantitative estimate of drug-likeness (QED) is 0.390. The highest BCUT2D eigenvalue weighted by Crippen LogP contribution is 2.10. The molecule has 0 unspecified atom stereocenters. The van der Waals surface area contributed by atoms with Gasteiger partial charge in [-0.15, -0.1) is 0 Å². The molecule has 0 aromatic carbocycles. The van der Waals surface area contributed by atoms with Crippen molar-refractivity contribution < 1.29 is 30.4 Å². The molecular weight excluding hydrogens is 284 g/mol. The Bertz CT molecular complexity index is 428. The third-order valence-corrected chi connectivity index (χ3v) is 4.57. The lowest BCUT2D eigenvalue weighted by molar-refractivity contribution is -0.925. The third kappa shape index (κ3) is 6.07. The van der Waals surface area contributed by atoms with Gasteiger partial charge in [0.15, 0.2) is 0 Å². The van der Waals surface area contributed by atoms with Crippen LogP contribution in [0, 0.1) is 0 Å². The maximum atomic E-state index is 10.8. The standard InChI is InChI=1S/C8H18N2O6S2/c11-17(12,13)7-5-10(3-1-9-2-4-10)6-8-18(14,15)16/h9H,1-8H2,(H-,11,12,13,14,15,16)/p+1. The van der Waals surface area contributed by atoms with Crippen LogP contribution in [0.25, 0.3) is 0 Å². The van der Waals surface area contributed by atoms with Crippen molar-refractivity contribution in [2.45, 2.75) is 0 Å². The van der Waals surface area contributed by atoms with Crippen LogP contribution in [0.5, 0.6) is 0 Å². The molecule has 8 nitrogen and oxygen atoms in total. The van der Waals surface area contributed by atoms with Gasteiger partial charge in [0.25, 0.3) is 20.2 Å². The normalized spacial score (nSPS) is 20.8. The Morgan fingerprint density at radius 3 is 1.61 bits per heavy atom. The van der Waals surface area contributed by atoms with Crippen molar-refractivity contribution in [3.8, 4) is 0 Å². The largest absolute Gasteiger partial charge is 0.320 e. The number of hydrogen-bond donors (Lipinski definition) is 3. The lowest BCUT2D eigenvalue weighted by atomic mass is 10.2. The Balaban J connectivity index is 2.69. The van der Waals surface area contributed by atoms with Crippen molar-refractivity contribution in [3.63, 3.8) is 0 Å². The van der Waals surface area contributed by atoms with Gasteiger partial charge in [0.05, 0.1) is 26.2 Å². The molecule has 0 amide bonds. The minimum atomic E-state index is -4.06. The van der Waals surface area contributed by atoms with Gasteiger partial charge in [0.1, 0.15) is 11.5 Å². The van der Waals surface area contributed by atoms with Crippen LogP contribution in [0.4, 0.5) is 0 Å². The summed E-state index contributed by atoms with van der Waals surface area (Å²) in [5.74, 6) is -0.809. The molecular formula is C8H19N2O6S2+. The summed E-state index contributed by atoms with van der Waals surface area (Å²) < 4.78 is 60.9. The van der Waals surface area contributed by atoms with Crippen molar-refractivity contribution in [1.29, 1.82) is 0 Å². The SMILES string of the molecule is O=S(=O)(O)CC[N+]1(CCS(=O)(=O)O)CCNCC1. The van der Waals surface area contributed by atoms with E-state index in [0.29, 0.717) is 26.2 Å². The van der Waals surface area contributed by atoms with E-state index in [1.807, 2.05) is 0 Å². The number of hydrogen-bond acceptors (Lipinski definition) is 5. The maximum absolute atomic E-state index is 10.8. The van der Waals surface area contributed by atoms with Crippen LogP contribution in [0.1, 0.15) is 0 Å². The monoisotopic (exact) mass is 303 g/mol. The van der Waals surface area contributed by atoms with E-state index >= 15 is 0 Å². The van der Waals surface area contributed by atoms with Crippen LogP contribution in [0.3, 0.4) is 0 Å². The summed E-state index contributed by atoms with van der Waals surface area (Å²) in [5, 5.41) is 3.09. The zero-order chi connectivity index (χ0) is 13.9. The Morgan fingerprint density at radius 1 is 0.889 bits per heavy atom. The number of nitrogens with one attached hydrogen (secondary N) is 1. The second-order valence-electron chi connectivity index (χ2n) is 4.56. The summed E-state index contributed by atoms with van der Waals surface area (Å²) in [6.07, 6.45) is 0. The summed E-state index contributed by atoms with van der Waals surface area (Å²) in [4.78, 5) is 0. The molecule has 0 radical (unpaired) electrons. The smallest absolute Gasteiger partial charge is 0.270 e. The first kappa shape index (κ1) is 15.8. The van der Waals surface area contributed by atoms with Gasteiger partial charge in [-0.1, -0.05) is 0 Å². The molecule has 0 bridgehead atoms. The van der Waals surface area contributed by atoms with Gasteiger partial charge in [-0.2, -0.15) is 16.8 Å². The van der Waals surface area contributed by atoms with Gasteiger partial charge >= 0.3 is 0 Å². The highest BCUT2D eigenvalue weighted by molar-refractivity contribution is 7.86. The average molecular weight is 303 g/mol. The molecule has 0 aliphatic carbocycles. The summed E-state index contributed by atoms with van der Waals surface area (Å²) in [7, 11) is -8.13. The first-order valence-corrected chi connectivity index (χ1v) is 8.80. The first-order chi connectivity index (χ1) is 8.12. The zero-order valence-electron chi connectivity index (χ0n) is 9.95. The fraction of sp³-hybridized carbons (Fsp3) is 1.00. The average Bonchev–Trinajstić information content (AvgIpc) is 2.24. The van der Waals surface area contributed by atoms with Gasteiger partial charge in [-0.05, 0) is 0 Å². The van der Waals surface area contributed by atoms with Crippen LogP contribution in [-0.4, -0.2) is 81.2 Å². The van der Waals surface area contributed by atoms with E-state index in [1.54, 1.807) is 0 Å². The number of piperazine rings is 1. The fourth-order valence-corrected chi connectivity index (χ4v) is 3.28. The molecule has 108 valence electrons. The molecule has 0 atom stereocenters. The molecule has 10 heteroatoms. The lowest BCUT2D eigenvalue weighted by Crippen LogP contribution is -2.61. The first-order valence-electron chi connectivity index (χ1n) is 5.58. The molecule has 1 aliphatic rings. The molecule has 0 aromatic heterocycles. The Hall–Kier alpha value is -0.260. The van der Waals surface area contributed by atoms with Gasteiger partial charge < -0.3 is 9.80 Å². The van der Waals surface area contributed by atoms with E-state index in [4.69, 9.17) is 9.11 Å². The van der Waals surface area contributed by atoms with E-state index in [0.717, 1.165) is 0 Å². The second-order valence-corrected chi connectivity index (χ2v) is 7.70. The topological polar surface area (TPSA) is 121 Å². The van der Waals surface area contributed by atoms with Crippen LogP contribution >= 0.6 is 0 Å². The number of rotatable bonds is 6. The number of nitrogens with zero attached hydrogens (tertiary/aromatic N) is 1. The van der Waals surface area contributed by atoms with E-state index in [2.05, 4.69) is 5.32 Å². The van der Waals surface area contributed by atoms with Gasteiger partial charge in [0.2, 0.25) is 0 Å². The molecule has 0 aromatic rings. The van der Waals surface area contributed by atoms with Crippen LogP contribution in [0.2, 0.25) is 0 Å². The van der Waals surface area contributed by atoms with E-state index in [-0.39, 0.29) is 17.6 Å². The molecule has 1 rings (SSSR count). The van der Waals surface area contributed by atoms with Crippen molar-refractivity contribution in [3.05, 3.63) is 0 Å². The molecule has 3 N–H and O–H groups in total. The minimum absolute atomic E-state index is 0.149. The predicted molar refractivity (Wildman–Crippen MR) is 65.4 cm³/mol. The maximum Gasteiger partial charge on any atom is 0.270 e. The van der Waals surface area contributed by atoms with Crippen molar-refractivity contribution in [2.75, 3.05) is 50.8 Å². The van der Waals surface area contributed by atoms with Crippen LogP contribution in [0.15, 0.2) is 0 Å². The summed E-state index contributed by atoms with van der Waals surface area (Å²) >= 11 is 0. The number of quaternary nitrogens is 1. The third-order valence-electron chi connectivity index (χ3n) is 3.17. The summed E-state index contributed by atoms with van der Waals surface area (Å²) in [6.45, 7) is 2.75. The van der Waals surface area contributed by atoms with Gasteiger partial charge in [0, 0.05) is 13.1 Å². The van der Waals surface area contributed by atoms with E-state index in [1.165, 1.54) is 0 Å². The molecule has 0 saturated carbocycles. The molecule has 1 fully saturated rings. The molecule has 1 aliphatic heterocycles. The molecule has 1 heterocycles. The lowest BCUT2D eigenvalue weighted by Gasteiger charge is -2.41. The van der Waals surface area contributed by atoms with Crippen molar-refractivity contribution >= 4 is 20.2 Å². The minimum Gasteiger partial charge on any atom is -0.320 e. The van der Waals surface area contributed by atoms with E-state index in [9.17, 15) is 16.8 Å². The predicted octanol–water partition coefficient (Wildman–Crippen LogP) is -1.82. The van der Waals surface area contributed by atoms with Crippen molar-refractivity contribution in [1.82, 2.24) is 5.32 Å². The van der Waals surface area contributed by atoms with Gasteiger partial charge in [-0.3, -0.25) is 9.11 Å². The fourth-order valence-electron chi connectivity index (χ4n) is 2.05. The van der Waals surface area contributed by atoms with Crippen LogP contribution < -0.4 is 5.32 Å². The summed E-state index contributed by atoms with van der Waals surface area (Å²) in [6, 6.07) is 0. The Labute approximate surface area is 107 Å². The van der Waals surface area contributed by atoms with Gasteiger partial charge in [-0.25, -0.2) is 0 Å². The highest BCUT2D eigenvalue weighted by Gasteiger charge is 2.32. The highest BCUT2D eigenvalue weighted by atomic mass is 32.2. The Morgan fingerprint density at radius 2 is 1.28 bits per heavy atom. The van der Waals surface area contributed by atoms with E-state index < -0.39 is 31.7 Å². The molecule has 1 saturated heterocycles. The summed E-state index contributed by atoms with van der Waals surface area (Å²) in [5.41, 5.74) is 0. The Kier molecular flexibility index (Phi) is 5.09.